The molecule has 0 radical (unpaired) electrons. The van der Waals surface area contributed by atoms with E-state index in [9.17, 15) is 0 Å². The third-order valence-electron chi connectivity index (χ3n) is 3.47. The molecule has 1 fully saturated rings. The Morgan fingerprint density at radius 1 is 1.39 bits per heavy atom. The van der Waals surface area contributed by atoms with Crippen LogP contribution < -0.4 is 10.2 Å². The fourth-order valence-electron chi connectivity index (χ4n) is 2.26. The van der Waals surface area contributed by atoms with Crippen LogP contribution in [0.3, 0.4) is 0 Å². The van der Waals surface area contributed by atoms with Gasteiger partial charge in [-0.25, -0.2) is 0 Å². The van der Waals surface area contributed by atoms with Crippen molar-refractivity contribution in [1.82, 2.24) is 10.3 Å². The summed E-state index contributed by atoms with van der Waals surface area (Å²) in [5.74, 6) is 0. The first kappa shape index (κ1) is 13.3. The van der Waals surface area contributed by atoms with Gasteiger partial charge in [0.05, 0.1) is 0 Å². The predicted octanol–water partition coefficient (Wildman–Crippen LogP) is 2.88. The molecule has 1 aliphatic rings. The SMILES string of the molecule is CCCN(CC)c1cc(C)ncc1CNC1CC1. The molecule has 0 atom stereocenters. The molecular formula is C15H25N3. The Morgan fingerprint density at radius 3 is 2.78 bits per heavy atom. The molecule has 18 heavy (non-hydrogen) atoms. The van der Waals surface area contributed by atoms with E-state index in [0.29, 0.717) is 0 Å². The van der Waals surface area contributed by atoms with Crippen LogP contribution in [-0.4, -0.2) is 24.1 Å². The van der Waals surface area contributed by atoms with Crippen molar-refractivity contribution in [3.63, 3.8) is 0 Å². The van der Waals surface area contributed by atoms with Crippen molar-refractivity contribution in [2.75, 3.05) is 18.0 Å². The second kappa shape index (κ2) is 6.19. The van der Waals surface area contributed by atoms with Gasteiger partial charge in [-0.15, -0.1) is 0 Å². The standard InChI is InChI=1S/C15H25N3/c1-4-8-18(5-2)15-9-12(3)16-10-13(15)11-17-14-6-7-14/h9-10,14,17H,4-8,11H2,1-3H3. The average Bonchev–Trinajstić information content (AvgIpc) is 3.18. The number of nitrogens with one attached hydrogen (secondary N) is 1. The number of nitrogens with zero attached hydrogens (tertiary/aromatic N) is 2. The van der Waals surface area contributed by atoms with Gasteiger partial charge >= 0.3 is 0 Å². The monoisotopic (exact) mass is 247 g/mol. The summed E-state index contributed by atoms with van der Waals surface area (Å²) >= 11 is 0. The number of aryl methyl sites for hydroxylation is 1. The van der Waals surface area contributed by atoms with Crippen LogP contribution >= 0.6 is 0 Å². The number of hydrogen-bond acceptors (Lipinski definition) is 3. The maximum absolute atomic E-state index is 4.45. The van der Waals surface area contributed by atoms with Gasteiger partial charge in [0.25, 0.3) is 0 Å². The summed E-state index contributed by atoms with van der Waals surface area (Å²) in [6.07, 6.45) is 5.89. The molecule has 100 valence electrons. The fourth-order valence-corrected chi connectivity index (χ4v) is 2.26. The van der Waals surface area contributed by atoms with Crippen molar-refractivity contribution < 1.29 is 0 Å². The van der Waals surface area contributed by atoms with Crippen LogP contribution in [0.5, 0.6) is 0 Å². The molecule has 0 unspecified atom stereocenters. The van der Waals surface area contributed by atoms with Crippen LogP contribution in [0.2, 0.25) is 0 Å². The highest BCUT2D eigenvalue weighted by molar-refractivity contribution is 5.53. The van der Waals surface area contributed by atoms with E-state index >= 15 is 0 Å². The summed E-state index contributed by atoms with van der Waals surface area (Å²) < 4.78 is 0. The summed E-state index contributed by atoms with van der Waals surface area (Å²) in [6.45, 7) is 9.67. The minimum Gasteiger partial charge on any atom is -0.371 e. The van der Waals surface area contributed by atoms with E-state index < -0.39 is 0 Å². The molecule has 0 spiro atoms. The van der Waals surface area contributed by atoms with Gasteiger partial charge in [0.1, 0.15) is 0 Å². The van der Waals surface area contributed by atoms with Crippen LogP contribution in [0.15, 0.2) is 12.3 Å². The lowest BCUT2D eigenvalue weighted by Crippen LogP contribution is -2.26. The molecule has 1 aromatic rings. The summed E-state index contributed by atoms with van der Waals surface area (Å²) in [6, 6.07) is 2.98. The van der Waals surface area contributed by atoms with E-state index in [2.05, 4.69) is 42.0 Å². The van der Waals surface area contributed by atoms with Crippen molar-refractivity contribution in [2.45, 2.75) is 52.6 Å². The lowest BCUT2D eigenvalue weighted by Gasteiger charge is -2.25. The van der Waals surface area contributed by atoms with Gasteiger partial charge in [-0.3, -0.25) is 4.98 Å². The Morgan fingerprint density at radius 2 is 2.17 bits per heavy atom. The first-order chi connectivity index (χ1) is 8.74. The molecule has 1 aliphatic carbocycles. The lowest BCUT2D eigenvalue weighted by atomic mass is 10.1. The summed E-state index contributed by atoms with van der Waals surface area (Å²) in [4.78, 5) is 6.91. The zero-order valence-corrected chi connectivity index (χ0v) is 11.9. The van der Waals surface area contributed by atoms with Crippen molar-refractivity contribution >= 4 is 5.69 Å². The van der Waals surface area contributed by atoms with Crippen LogP contribution in [0.4, 0.5) is 5.69 Å². The number of aromatic nitrogens is 1. The highest BCUT2D eigenvalue weighted by Crippen LogP contribution is 2.24. The average molecular weight is 247 g/mol. The van der Waals surface area contributed by atoms with Gasteiger partial charge < -0.3 is 10.2 Å². The maximum Gasteiger partial charge on any atom is 0.0445 e. The fraction of sp³-hybridized carbons (Fsp3) is 0.667. The van der Waals surface area contributed by atoms with Gasteiger partial charge in [-0.1, -0.05) is 6.92 Å². The van der Waals surface area contributed by atoms with Crippen molar-refractivity contribution in [2.24, 2.45) is 0 Å². The smallest absolute Gasteiger partial charge is 0.0445 e. The molecule has 1 N–H and O–H groups in total. The Labute approximate surface area is 111 Å². The van der Waals surface area contributed by atoms with E-state index in [1.165, 1.54) is 30.5 Å². The Hall–Kier alpha value is -1.09. The summed E-state index contributed by atoms with van der Waals surface area (Å²) in [5.41, 5.74) is 3.80. The third kappa shape index (κ3) is 3.45. The Balaban J connectivity index is 2.14. The molecular weight excluding hydrogens is 222 g/mol. The normalized spacial score (nSPS) is 14.8. The molecule has 0 amide bonds. The van der Waals surface area contributed by atoms with Gasteiger partial charge in [0.2, 0.25) is 0 Å². The predicted molar refractivity (Wildman–Crippen MR) is 77.0 cm³/mol. The van der Waals surface area contributed by atoms with E-state index in [1.807, 2.05) is 6.20 Å². The number of rotatable bonds is 7. The Bertz CT molecular complexity index is 385. The van der Waals surface area contributed by atoms with Gasteiger partial charge in [0, 0.05) is 48.8 Å². The minimum absolute atomic E-state index is 0.750. The maximum atomic E-state index is 4.45. The van der Waals surface area contributed by atoms with Crippen LogP contribution in [0, 0.1) is 6.92 Å². The molecule has 1 heterocycles. The zero-order valence-electron chi connectivity index (χ0n) is 11.9. The quantitative estimate of drug-likeness (QED) is 0.803. The van der Waals surface area contributed by atoms with Crippen molar-refractivity contribution in [3.05, 3.63) is 23.5 Å². The highest BCUT2D eigenvalue weighted by atomic mass is 15.1. The topological polar surface area (TPSA) is 28.2 Å². The van der Waals surface area contributed by atoms with Crippen LogP contribution in [0.25, 0.3) is 0 Å². The van der Waals surface area contributed by atoms with E-state index in [4.69, 9.17) is 0 Å². The van der Waals surface area contributed by atoms with E-state index in [1.54, 1.807) is 0 Å². The molecule has 0 aromatic carbocycles. The van der Waals surface area contributed by atoms with Crippen molar-refractivity contribution in [1.29, 1.82) is 0 Å². The van der Waals surface area contributed by atoms with E-state index in [-0.39, 0.29) is 0 Å². The first-order valence-corrected chi connectivity index (χ1v) is 7.18. The molecule has 3 heteroatoms. The molecule has 1 saturated carbocycles. The number of anilines is 1. The second-order valence-corrected chi connectivity index (χ2v) is 5.19. The van der Waals surface area contributed by atoms with Gasteiger partial charge in [0.15, 0.2) is 0 Å². The van der Waals surface area contributed by atoms with E-state index in [0.717, 1.165) is 31.4 Å². The zero-order chi connectivity index (χ0) is 13.0. The highest BCUT2D eigenvalue weighted by Gasteiger charge is 2.21. The van der Waals surface area contributed by atoms with Crippen molar-refractivity contribution in [3.8, 4) is 0 Å². The summed E-state index contributed by atoms with van der Waals surface area (Å²) in [7, 11) is 0. The molecule has 2 rings (SSSR count). The minimum atomic E-state index is 0.750. The van der Waals surface area contributed by atoms with Crippen LogP contribution in [0.1, 0.15) is 44.4 Å². The largest absolute Gasteiger partial charge is 0.371 e. The third-order valence-corrected chi connectivity index (χ3v) is 3.47. The molecule has 1 aromatic heterocycles. The number of pyridine rings is 1. The molecule has 3 nitrogen and oxygen atoms in total. The van der Waals surface area contributed by atoms with Gasteiger partial charge in [-0.05, 0) is 39.2 Å². The van der Waals surface area contributed by atoms with Crippen LogP contribution in [-0.2, 0) is 6.54 Å². The molecule has 0 saturated heterocycles. The number of hydrogen-bond donors (Lipinski definition) is 1. The molecule has 0 bridgehead atoms. The van der Waals surface area contributed by atoms with Gasteiger partial charge in [-0.2, -0.15) is 0 Å². The first-order valence-electron chi connectivity index (χ1n) is 7.18. The summed E-state index contributed by atoms with van der Waals surface area (Å²) in [5, 5.41) is 3.59. The Kier molecular flexibility index (Phi) is 4.59. The second-order valence-electron chi connectivity index (χ2n) is 5.19. The molecule has 0 aliphatic heterocycles. The lowest BCUT2D eigenvalue weighted by molar-refractivity contribution is 0.679.